The molecular weight excluding hydrogens is 350 g/mol. The molecule has 26 heavy (non-hydrogen) atoms. The molecular formula is C19H23N3O3S. The van der Waals surface area contributed by atoms with Crippen LogP contribution in [-0.2, 0) is 4.74 Å². The molecule has 1 aromatic carbocycles. The van der Waals surface area contributed by atoms with E-state index < -0.39 is 0 Å². The smallest absolute Gasteiger partial charge is 0.173 e. The van der Waals surface area contributed by atoms with Gasteiger partial charge in [0, 0.05) is 24.7 Å². The summed E-state index contributed by atoms with van der Waals surface area (Å²) in [6, 6.07) is 9.14. The second kappa shape index (κ2) is 8.51. The van der Waals surface area contributed by atoms with Crippen LogP contribution in [0.2, 0.25) is 0 Å². The Morgan fingerprint density at radius 3 is 2.77 bits per heavy atom. The van der Waals surface area contributed by atoms with Gasteiger partial charge in [0.15, 0.2) is 5.78 Å². The number of hydrogen-bond acceptors (Lipinski definition) is 7. The van der Waals surface area contributed by atoms with Crippen LogP contribution in [-0.4, -0.2) is 53.9 Å². The Morgan fingerprint density at radius 1 is 1.27 bits per heavy atom. The second-order valence-electron chi connectivity index (χ2n) is 6.32. The third-order valence-electron chi connectivity index (χ3n) is 4.11. The minimum absolute atomic E-state index is 0.0441. The fourth-order valence-corrected chi connectivity index (χ4v) is 3.72. The van der Waals surface area contributed by atoms with Gasteiger partial charge < -0.3 is 14.4 Å². The highest BCUT2D eigenvalue weighted by Crippen LogP contribution is 2.24. The van der Waals surface area contributed by atoms with E-state index in [4.69, 9.17) is 9.47 Å². The molecule has 0 bridgehead atoms. The molecule has 2 heterocycles. The number of morpholine rings is 1. The van der Waals surface area contributed by atoms with E-state index in [2.05, 4.69) is 28.7 Å². The first-order valence-electron chi connectivity index (χ1n) is 8.57. The first-order valence-corrected chi connectivity index (χ1v) is 9.56. The van der Waals surface area contributed by atoms with Gasteiger partial charge in [-0.05, 0) is 26.0 Å². The highest BCUT2D eigenvalue weighted by Gasteiger charge is 2.23. The van der Waals surface area contributed by atoms with Gasteiger partial charge in [0.25, 0.3) is 0 Å². The maximum atomic E-state index is 12.4. The number of methoxy groups -OCH3 is 1. The van der Waals surface area contributed by atoms with Crippen LogP contribution in [0.5, 0.6) is 5.75 Å². The summed E-state index contributed by atoms with van der Waals surface area (Å²) in [6.45, 7) is 5.72. The minimum atomic E-state index is 0.0441. The van der Waals surface area contributed by atoms with Gasteiger partial charge in [0.1, 0.15) is 22.9 Å². The van der Waals surface area contributed by atoms with Crippen LogP contribution in [0.4, 0.5) is 5.82 Å². The van der Waals surface area contributed by atoms with Crippen LogP contribution in [0.15, 0.2) is 41.7 Å². The second-order valence-corrected chi connectivity index (χ2v) is 7.32. The summed E-state index contributed by atoms with van der Waals surface area (Å²) in [6.07, 6.45) is 1.89. The van der Waals surface area contributed by atoms with Crippen molar-refractivity contribution in [3.05, 3.63) is 42.2 Å². The van der Waals surface area contributed by atoms with E-state index in [1.807, 2.05) is 18.2 Å². The van der Waals surface area contributed by atoms with E-state index in [1.54, 1.807) is 25.6 Å². The number of nitrogens with zero attached hydrogens (tertiary/aromatic N) is 3. The summed E-state index contributed by atoms with van der Waals surface area (Å²) >= 11 is 1.42. The quantitative estimate of drug-likeness (QED) is 0.438. The molecule has 2 aromatic rings. The predicted octanol–water partition coefficient (Wildman–Crippen LogP) is 3.07. The van der Waals surface area contributed by atoms with Crippen molar-refractivity contribution in [3.8, 4) is 5.75 Å². The van der Waals surface area contributed by atoms with Gasteiger partial charge in [-0.1, -0.05) is 23.9 Å². The largest absolute Gasteiger partial charge is 0.497 e. The van der Waals surface area contributed by atoms with Crippen molar-refractivity contribution < 1.29 is 14.3 Å². The summed E-state index contributed by atoms with van der Waals surface area (Å²) in [7, 11) is 1.59. The van der Waals surface area contributed by atoms with Gasteiger partial charge in [0.05, 0.1) is 25.1 Å². The minimum Gasteiger partial charge on any atom is -0.497 e. The molecule has 1 aliphatic heterocycles. The Bertz CT molecular complexity index is 761. The molecule has 7 heteroatoms. The summed E-state index contributed by atoms with van der Waals surface area (Å²) < 4.78 is 10.9. The number of carbonyl (C=O) groups is 1. The Labute approximate surface area is 157 Å². The maximum absolute atomic E-state index is 12.4. The topological polar surface area (TPSA) is 64.5 Å². The molecule has 0 amide bonds. The lowest BCUT2D eigenvalue weighted by Crippen LogP contribution is -2.45. The van der Waals surface area contributed by atoms with Crippen molar-refractivity contribution in [2.24, 2.45) is 0 Å². The molecule has 1 aliphatic rings. The molecule has 1 fully saturated rings. The molecule has 0 saturated carbocycles. The zero-order chi connectivity index (χ0) is 18.5. The summed E-state index contributed by atoms with van der Waals surface area (Å²) in [5.41, 5.74) is 0.641. The first kappa shape index (κ1) is 18.7. The third kappa shape index (κ3) is 4.74. The van der Waals surface area contributed by atoms with E-state index in [9.17, 15) is 4.79 Å². The summed E-state index contributed by atoms with van der Waals surface area (Å²) in [5, 5.41) is 0.790. The lowest BCUT2D eigenvalue weighted by Gasteiger charge is -2.36. The van der Waals surface area contributed by atoms with Gasteiger partial charge in [-0.3, -0.25) is 4.79 Å². The number of anilines is 1. The fourth-order valence-electron chi connectivity index (χ4n) is 2.97. The Hall–Kier alpha value is -2.12. The molecule has 0 aliphatic carbocycles. The number of carbonyl (C=O) groups excluding carboxylic acids is 1. The zero-order valence-corrected chi connectivity index (χ0v) is 16.0. The first-order chi connectivity index (χ1) is 12.5. The highest BCUT2D eigenvalue weighted by molar-refractivity contribution is 7.99. The molecule has 138 valence electrons. The molecule has 2 unspecified atom stereocenters. The van der Waals surface area contributed by atoms with Crippen molar-refractivity contribution in [2.45, 2.75) is 31.1 Å². The van der Waals surface area contributed by atoms with Crippen molar-refractivity contribution in [2.75, 3.05) is 30.9 Å². The van der Waals surface area contributed by atoms with Gasteiger partial charge in [-0.25, -0.2) is 9.97 Å². The summed E-state index contributed by atoms with van der Waals surface area (Å²) in [4.78, 5) is 23.3. The van der Waals surface area contributed by atoms with Crippen molar-refractivity contribution in [1.29, 1.82) is 0 Å². The van der Waals surface area contributed by atoms with Gasteiger partial charge in [-0.15, -0.1) is 0 Å². The fraction of sp³-hybridized carbons (Fsp3) is 0.421. The number of ketones is 1. The van der Waals surface area contributed by atoms with Crippen molar-refractivity contribution >= 4 is 23.4 Å². The van der Waals surface area contributed by atoms with Crippen LogP contribution in [0.3, 0.4) is 0 Å². The van der Waals surface area contributed by atoms with Gasteiger partial charge in [-0.2, -0.15) is 0 Å². The highest BCUT2D eigenvalue weighted by atomic mass is 32.2. The number of rotatable bonds is 6. The van der Waals surface area contributed by atoms with E-state index >= 15 is 0 Å². The van der Waals surface area contributed by atoms with Gasteiger partial charge >= 0.3 is 0 Å². The average Bonchev–Trinajstić information content (AvgIpc) is 2.65. The van der Waals surface area contributed by atoms with Crippen LogP contribution >= 0.6 is 11.8 Å². The standard InChI is InChI=1S/C19H23N3O3S/c1-13-9-22(10-14(2)25-13)18-8-19(21-12-20-18)26-11-17(23)15-5-4-6-16(7-15)24-3/h4-8,12-14H,9-11H2,1-3H3. The molecule has 6 nitrogen and oxygen atoms in total. The molecule has 0 N–H and O–H groups in total. The van der Waals surface area contributed by atoms with E-state index in [1.165, 1.54) is 11.8 Å². The lowest BCUT2D eigenvalue weighted by molar-refractivity contribution is -0.00548. The number of aromatic nitrogens is 2. The molecule has 2 atom stereocenters. The van der Waals surface area contributed by atoms with E-state index in [0.29, 0.717) is 17.1 Å². The number of benzene rings is 1. The maximum Gasteiger partial charge on any atom is 0.173 e. The molecule has 0 radical (unpaired) electrons. The lowest BCUT2D eigenvalue weighted by atomic mass is 10.1. The number of thioether (sulfide) groups is 1. The average molecular weight is 373 g/mol. The summed E-state index contributed by atoms with van der Waals surface area (Å²) in [5.74, 6) is 1.92. The van der Waals surface area contributed by atoms with Crippen molar-refractivity contribution in [3.63, 3.8) is 0 Å². The van der Waals surface area contributed by atoms with Gasteiger partial charge in [0.2, 0.25) is 0 Å². The van der Waals surface area contributed by atoms with Crippen LogP contribution in [0.1, 0.15) is 24.2 Å². The molecule has 3 rings (SSSR count). The van der Waals surface area contributed by atoms with E-state index in [0.717, 1.165) is 23.9 Å². The predicted molar refractivity (Wildman–Crippen MR) is 102 cm³/mol. The zero-order valence-electron chi connectivity index (χ0n) is 15.2. The Morgan fingerprint density at radius 2 is 2.04 bits per heavy atom. The van der Waals surface area contributed by atoms with Crippen LogP contribution in [0, 0.1) is 0 Å². The third-order valence-corrected chi connectivity index (χ3v) is 5.04. The molecule has 1 saturated heterocycles. The monoisotopic (exact) mass is 373 g/mol. The number of Topliss-reactive ketones (excluding diaryl/α,β-unsaturated/α-hetero) is 1. The Kier molecular flexibility index (Phi) is 6.11. The SMILES string of the molecule is COc1cccc(C(=O)CSc2cc(N3CC(C)OC(C)C3)ncn2)c1. The van der Waals surface area contributed by atoms with Crippen LogP contribution < -0.4 is 9.64 Å². The number of ether oxygens (including phenoxy) is 2. The molecule has 1 aromatic heterocycles. The number of hydrogen-bond donors (Lipinski definition) is 0. The molecule has 0 spiro atoms. The van der Waals surface area contributed by atoms with Crippen LogP contribution in [0.25, 0.3) is 0 Å². The van der Waals surface area contributed by atoms with E-state index in [-0.39, 0.29) is 18.0 Å². The normalized spacial score (nSPS) is 20.0. The van der Waals surface area contributed by atoms with Crippen molar-refractivity contribution in [1.82, 2.24) is 9.97 Å². The Balaban J connectivity index is 1.64.